The molecule has 156 valence electrons. The number of carbonyl (C=O) groups excluding carboxylic acids is 1. The van der Waals surface area contributed by atoms with Crippen LogP contribution in [0.1, 0.15) is 35.7 Å². The molecule has 1 saturated carbocycles. The zero-order valence-electron chi connectivity index (χ0n) is 16.5. The highest BCUT2D eigenvalue weighted by Crippen LogP contribution is 2.48. The Bertz CT molecular complexity index is 827. The Balaban J connectivity index is 0.00000300. The molecule has 6 nitrogen and oxygen atoms in total. The van der Waals surface area contributed by atoms with Crippen molar-refractivity contribution in [1.29, 1.82) is 0 Å². The van der Waals surface area contributed by atoms with E-state index in [0.29, 0.717) is 18.7 Å². The summed E-state index contributed by atoms with van der Waals surface area (Å²) in [6.45, 7) is 4.69. The summed E-state index contributed by atoms with van der Waals surface area (Å²) in [5, 5.41) is 9.45. The lowest BCUT2D eigenvalue weighted by Crippen LogP contribution is -2.42. The van der Waals surface area contributed by atoms with Crippen molar-refractivity contribution < 1.29 is 4.79 Å². The summed E-state index contributed by atoms with van der Waals surface area (Å²) in [5.41, 5.74) is 2.05. The van der Waals surface area contributed by atoms with E-state index >= 15 is 0 Å². The fraction of sp³-hybridized carbons (Fsp3) is 0.381. The van der Waals surface area contributed by atoms with Gasteiger partial charge in [0.2, 0.25) is 0 Å². The average molecular weight is 572 g/mol. The van der Waals surface area contributed by atoms with Crippen molar-refractivity contribution in [1.82, 2.24) is 20.9 Å². The van der Waals surface area contributed by atoms with Crippen LogP contribution in [0, 0.1) is 0 Å². The van der Waals surface area contributed by atoms with E-state index in [1.165, 1.54) is 5.56 Å². The van der Waals surface area contributed by atoms with Crippen LogP contribution in [-0.2, 0) is 5.41 Å². The highest BCUT2D eigenvalue weighted by atomic mass is 127. The molecule has 1 aromatic carbocycles. The molecule has 0 atom stereocenters. The Morgan fingerprint density at radius 3 is 2.62 bits per heavy atom. The van der Waals surface area contributed by atoms with Crippen LogP contribution in [0.4, 0.5) is 0 Å². The van der Waals surface area contributed by atoms with E-state index in [1.54, 1.807) is 24.5 Å². The third-order valence-electron chi connectivity index (χ3n) is 4.80. The topological polar surface area (TPSA) is 78.4 Å². The summed E-state index contributed by atoms with van der Waals surface area (Å²) < 4.78 is 1.11. The summed E-state index contributed by atoms with van der Waals surface area (Å²) in [6.07, 6.45) is 5.53. The monoisotopic (exact) mass is 571 g/mol. The number of guanidine groups is 1. The summed E-state index contributed by atoms with van der Waals surface area (Å²) in [6, 6.07) is 12.0. The molecule has 0 bridgehead atoms. The predicted octanol–water partition coefficient (Wildman–Crippen LogP) is 3.48. The first-order valence-corrected chi connectivity index (χ1v) is 10.4. The normalized spacial score (nSPS) is 14.5. The lowest BCUT2D eigenvalue weighted by atomic mass is 9.96. The standard InChI is InChI=1S/C21H26BrN5O.HI/c1-2-24-20(26-12-11-25-19(28)16-5-4-10-23-14-16)27-15-21(8-9-21)17-6-3-7-18(22)13-17;/h3-7,10,13-14H,2,8-9,11-12,15H2,1H3,(H,25,28)(H2,24,26,27);1H. The van der Waals surface area contributed by atoms with Crippen molar-refractivity contribution in [3.05, 3.63) is 64.4 Å². The molecule has 0 spiro atoms. The second-order valence-electron chi connectivity index (χ2n) is 6.91. The van der Waals surface area contributed by atoms with Crippen molar-refractivity contribution in [3.8, 4) is 0 Å². The first-order chi connectivity index (χ1) is 13.6. The minimum Gasteiger partial charge on any atom is -0.357 e. The molecule has 1 aromatic heterocycles. The molecule has 2 aromatic rings. The van der Waals surface area contributed by atoms with Crippen LogP contribution in [0.25, 0.3) is 0 Å². The van der Waals surface area contributed by atoms with Crippen LogP contribution >= 0.6 is 39.9 Å². The minimum atomic E-state index is -0.122. The maximum atomic E-state index is 12.0. The summed E-state index contributed by atoms with van der Waals surface area (Å²) in [7, 11) is 0. The Morgan fingerprint density at radius 1 is 1.17 bits per heavy atom. The smallest absolute Gasteiger partial charge is 0.252 e. The van der Waals surface area contributed by atoms with E-state index in [9.17, 15) is 4.79 Å². The molecule has 3 rings (SSSR count). The van der Waals surface area contributed by atoms with Gasteiger partial charge in [-0.3, -0.25) is 14.8 Å². The molecule has 1 fully saturated rings. The molecule has 0 saturated heterocycles. The van der Waals surface area contributed by atoms with Crippen LogP contribution in [0.2, 0.25) is 0 Å². The van der Waals surface area contributed by atoms with E-state index < -0.39 is 0 Å². The molecule has 29 heavy (non-hydrogen) atoms. The van der Waals surface area contributed by atoms with E-state index in [2.05, 4.69) is 55.1 Å². The summed E-state index contributed by atoms with van der Waals surface area (Å²) in [5.74, 6) is 0.655. The van der Waals surface area contributed by atoms with Gasteiger partial charge in [-0.15, -0.1) is 24.0 Å². The average Bonchev–Trinajstić information content (AvgIpc) is 3.51. The quantitative estimate of drug-likeness (QED) is 0.196. The van der Waals surface area contributed by atoms with Crippen LogP contribution < -0.4 is 16.0 Å². The zero-order chi connectivity index (χ0) is 19.8. The highest BCUT2D eigenvalue weighted by Gasteiger charge is 2.44. The molecular formula is C21H27BrIN5O. The SMILES string of the molecule is CCNC(=NCC1(c2cccc(Br)c2)CC1)NCCNC(=O)c1cccnc1.I. The van der Waals surface area contributed by atoms with Crippen molar-refractivity contribution in [2.75, 3.05) is 26.2 Å². The zero-order valence-corrected chi connectivity index (χ0v) is 20.4. The van der Waals surface area contributed by atoms with Gasteiger partial charge in [0.1, 0.15) is 0 Å². The Kier molecular flexibility index (Phi) is 9.35. The van der Waals surface area contributed by atoms with E-state index in [1.807, 2.05) is 13.0 Å². The second-order valence-corrected chi connectivity index (χ2v) is 7.83. The van der Waals surface area contributed by atoms with Gasteiger partial charge >= 0.3 is 0 Å². The Hall–Kier alpha value is -1.68. The fourth-order valence-electron chi connectivity index (χ4n) is 3.04. The van der Waals surface area contributed by atoms with Crippen LogP contribution in [-0.4, -0.2) is 43.0 Å². The fourth-order valence-corrected chi connectivity index (χ4v) is 3.43. The largest absolute Gasteiger partial charge is 0.357 e. The lowest BCUT2D eigenvalue weighted by Gasteiger charge is -2.16. The molecule has 0 unspecified atom stereocenters. The third kappa shape index (κ3) is 6.95. The number of carbonyl (C=O) groups is 1. The number of pyridine rings is 1. The van der Waals surface area contributed by atoms with E-state index in [-0.39, 0.29) is 35.3 Å². The molecular weight excluding hydrogens is 545 g/mol. The van der Waals surface area contributed by atoms with Crippen LogP contribution in [0.5, 0.6) is 0 Å². The van der Waals surface area contributed by atoms with Crippen molar-refractivity contribution >= 4 is 51.8 Å². The van der Waals surface area contributed by atoms with Crippen molar-refractivity contribution in [2.24, 2.45) is 4.99 Å². The Labute approximate surface area is 197 Å². The second kappa shape index (κ2) is 11.5. The molecule has 0 radical (unpaired) electrons. The molecule has 0 aliphatic heterocycles. The van der Waals surface area contributed by atoms with Gasteiger partial charge in [0.15, 0.2) is 5.96 Å². The molecule has 1 amide bonds. The minimum absolute atomic E-state index is 0. The maximum absolute atomic E-state index is 12.0. The first kappa shape index (κ1) is 23.6. The van der Waals surface area contributed by atoms with Gasteiger partial charge < -0.3 is 16.0 Å². The van der Waals surface area contributed by atoms with Crippen molar-refractivity contribution in [2.45, 2.75) is 25.2 Å². The van der Waals surface area contributed by atoms with Crippen molar-refractivity contribution in [3.63, 3.8) is 0 Å². The summed E-state index contributed by atoms with van der Waals surface area (Å²) in [4.78, 5) is 20.8. The number of hydrogen-bond donors (Lipinski definition) is 3. The number of aromatic nitrogens is 1. The molecule has 1 heterocycles. The number of benzene rings is 1. The maximum Gasteiger partial charge on any atom is 0.252 e. The number of nitrogens with one attached hydrogen (secondary N) is 3. The van der Waals surface area contributed by atoms with E-state index in [0.717, 1.165) is 36.4 Å². The van der Waals surface area contributed by atoms with E-state index in [4.69, 9.17) is 4.99 Å². The van der Waals surface area contributed by atoms with Gasteiger partial charge in [-0.1, -0.05) is 28.1 Å². The molecule has 3 N–H and O–H groups in total. The number of hydrogen-bond acceptors (Lipinski definition) is 3. The molecule has 1 aliphatic carbocycles. The molecule has 8 heteroatoms. The lowest BCUT2D eigenvalue weighted by molar-refractivity contribution is 0.0954. The van der Waals surface area contributed by atoms with Gasteiger partial charge in [-0.05, 0) is 49.6 Å². The molecule has 1 aliphatic rings. The Morgan fingerprint density at radius 2 is 1.97 bits per heavy atom. The van der Waals surface area contributed by atoms with Crippen LogP contribution in [0.3, 0.4) is 0 Å². The van der Waals surface area contributed by atoms with Gasteiger partial charge in [-0.2, -0.15) is 0 Å². The predicted molar refractivity (Wildman–Crippen MR) is 131 cm³/mol. The van der Waals surface area contributed by atoms with Gasteiger partial charge in [-0.25, -0.2) is 0 Å². The number of amides is 1. The number of halogens is 2. The first-order valence-electron chi connectivity index (χ1n) is 9.59. The number of aliphatic imine (C=N–C) groups is 1. The number of rotatable bonds is 8. The van der Waals surface area contributed by atoms with Crippen LogP contribution in [0.15, 0.2) is 58.3 Å². The summed E-state index contributed by atoms with van der Waals surface area (Å²) >= 11 is 3.56. The highest BCUT2D eigenvalue weighted by molar-refractivity contribution is 14.0. The third-order valence-corrected chi connectivity index (χ3v) is 5.29. The van der Waals surface area contributed by atoms with Gasteiger partial charge in [0, 0.05) is 41.9 Å². The van der Waals surface area contributed by atoms with Gasteiger partial charge in [0.05, 0.1) is 12.1 Å². The van der Waals surface area contributed by atoms with Gasteiger partial charge in [0.25, 0.3) is 5.91 Å². The number of nitrogens with zero attached hydrogens (tertiary/aromatic N) is 2.